The average molecular weight is 364 g/mol. The molecule has 2 aromatic carbocycles. The lowest BCUT2D eigenvalue weighted by molar-refractivity contribution is -0.125. The molecule has 2 aromatic rings. The van der Waals surface area contributed by atoms with E-state index in [-0.39, 0.29) is 24.4 Å². The number of nitrogens with zero attached hydrogens (tertiary/aromatic N) is 2. The van der Waals surface area contributed by atoms with Crippen LogP contribution in [0.5, 0.6) is 0 Å². The van der Waals surface area contributed by atoms with E-state index in [2.05, 4.69) is 10.6 Å². The van der Waals surface area contributed by atoms with Crippen LogP contribution < -0.4 is 15.5 Å². The molecule has 0 spiro atoms. The van der Waals surface area contributed by atoms with Crippen molar-refractivity contribution >= 4 is 29.2 Å². The fraction of sp³-hybridized carbons (Fsp3) is 0.250. The predicted molar refractivity (Wildman–Crippen MR) is 102 cm³/mol. The number of carbonyl (C=O) groups is 3. The molecule has 2 N–H and O–H groups in total. The number of imide groups is 1. The van der Waals surface area contributed by atoms with Gasteiger partial charge < -0.3 is 15.5 Å². The number of hydrogen-bond acceptors (Lipinski definition) is 4. The van der Waals surface area contributed by atoms with Crippen LogP contribution in [0.2, 0.25) is 0 Å². The molecular weight excluding hydrogens is 344 g/mol. The van der Waals surface area contributed by atoms with Gasteiger partial charge in [0.1, 0.15) is 0 Å². The first kappa shape index (κ1) is 17.1. The minimum atomic E-state index is -0.363. The van der Waals surface area contributed by atoms with Crippen molar-refractivity contribution in [3.8, 4) is 0 Å². The van der Waals surface area contributed by atoms with Gasteiger partial charge in [-0.2, -0.15) is 0 Å². The summed E-state index contributed by atoms with van der Waals surface area (Å²) in [6.07, 6.45) is 0.853. The molecule has 0 radical (unpaired) electrons. The highest BCUT2D eigenvalue weighted by molar-refractivity contribution is 6.07. The third-order valence-electron chi connectivity index (χ3n) is 4.84. The molecule has 0 saturated carbocycles. The van der Waals surface area contributed by atoms with E-state index in [1.807, 2.05) is 24.3 Å². The normalized spacial score (nSPS) is 15.5. The lowest BCUT2D eigenvalue weighted by Gasteiger charge is -2.18. The molecule has 1 fully saturated rings. The third-order valence-corrected chi connectivity index (χ3v) is 4.84. The van der Waals surface area contributed by atoms with E-state index in [1.54, 1.807) is 29.2 Å². The Morgan fingerprint density at radius 2 is 1.89 bits per heavy atom. The summed E-state index contributed by atoms with van der Waals surface area (Å²) in [5, 5.41) is 5.61. The maximum Gasteiger partial charge on any atom is 0.324 e. The quantitative estimate of drug-likeness (QED) is 0.868. The van der Waals surface area contributed by atoms with Crippen LogP contribution in [0.15, 0.2) is 48.5 Å². The van der Waals surface area contributed by atoms with Crippen molar-refractivity contribution in [1.82, 2.24) is 10.2 Å². The molecule has 7 nitrogen and oxygen atoms in total. The zero-order chi connectivity index (χ0) is 18.8. The monoisotopic (exact) mass is 364 g/mol. The number of amides is 4. The summed E-state index contributed by atoms with van der Waals surface area (Å²) >= 11 is 0. The number of anilines is 2. The number of nitrogens with one attached hydrogen (secondary N) is 2. The Kier molecular flexibility index (Phi) is 4.50. The average Bonchev–Trinajstić information content (AvgIpc) is 3.32. The van der Waals surface area contributed by atoms with Crippen molar-refractivity contribution in [3.63, 3.8) is 0 Å². The Bertz CT molecular complexity index is 912. The Morgan fingerprint density at radius 1 is 1.04 bits per heavy atom. The van der Waals surface area contributed by atoms with Crippen LogP contribution >= 0.6 is 0 Å². The molecule has 7 heteroatoms. The molecular formula is C20H20N4O3. The Morgan fingerprint density at radius 3 is 2.70 bits per heavy atom. The zero-order valence-electron chi connectivity index (χ0n) is 14.8. The van der Waals surface area contributed by atoms with Gasteiger partial charge in [-0.25, -0.2) is 4.79 Å². The summed E-state index contributed by atoms with van der Waals surface area (Å²) in [4.78, 5) is 39.5. The van der Waals surface area contributed by atoms with Crippen molar-refractivity contribution in [2.24, 2.45) is 0 Å². The molecule has 2 heterocycles. The molecule has 0 aromatic heterocycles. The summed E-state index contributed by atoms with van der Waals surface area (Å²) in [6.45, 7) is 1.52. The molecule has 27 heavy (non-hydrogen) atoms. The molecule has 4 rings (SSSR count). The Labute approximate surface area is 157 Å². The van der Waals surface area contributed by atoms with E-state index in [0.29, 0.717) is 30.9 Å². The summed E-state index contributed by atoms with van der Waals surface area (Å²) in [7, 11) is 0. The fourth-order valence-electron chi connectivity index (χ4n) is 3.45. The number of rotatable bonds is 4. The van der Waals surface area contributed by atoms with Gasteiger partial charge in [-0.1, -0.05) is 24.3 Å². The van der Waals surface area contributed by atoms with E-state index in [0.717, 1.165) is 12.1 Å². The molecule has 0 unspecified atom stereocenters. The topological polar surface area (TPSA) is 81.8 Å². The standard InChI is InChI=1S/C20H20N4O3/c25-18(24-11-9-21-20(24)27)13-22-16-6-3-5-15(12-16)19(26)23-10-8-14-4-1-2-7-17(14)23/h1-7,12,22H,8-11,13H2,(H,21,27). The van der Waals surface area contributed by atoms with E-state index in [1.165, 1.54) is 10.5 Å². The first-order chi connectivity index (χ1) is 13.1. The highest BCUT2D eigenvalue weighted by Gasteiger charge is 2.26. The zero-order valence-corrected chi connectivity index (χ0v) is 14.8. The van der Waals surface area contributed by atoms with Crippen LogP contribution in [0.1, 0.15) is 15.9 Å². The minimum absolute atomic E-state index is 0.00237. The largest absolute Gasteiger partial charge is 0.376 e. The first-order valence-electron chi connectivity index (χ1n) is 8.95. The van der Waals surface area contributed by atoms with Crippen molar-refractivity contribution in [1.29, 1.82) is 0 Å². The predicted octanol–water partition coefficient (Wildman–Crippen LogP) is 1.85. The fourth-order valence-corrected chi connectivity index (χ4v) is 3.45. The maximum atomic E-state index is 12.9. The summed E-state index contributed by atoms with van der Waals surface area (Å²) < 4.78 is 0. The molecule has 138 valence electrons. The van der Waals surface area contributed by atoms with Gasteiger partial charge in [0.2, 0.25) is 5.91 Å². The number of benzene rings is 2. The molecule has 0 bridgehead atoms. The number of hydrogen-bond donors (Lipinski definition) is 2. The van der Waals surface area contributed by atoms with Gasteiger partial charge in [0.25, 0.3) is 5.91 Å². The van der Waals surface area contributed by atoms with E-state index in [9.17, 15) is 14.4 Å². The SMILES string of the molecule is O=C(CNc1cccc(C(=O)N2CCc3ccccc32)c1)N1CCNC1=O. The second-order valence-electron chi connectivity index (χ2n) is 6.55. The second kappa shape index (κ2) is 7.11. The minimum Gasteiger partial charge on any atom is -0.376 e. The molecule has 0 aliphatic carbocycles. The van der Waals surface area contributed by atoms with Crippen molar-refractivity contribution < 1.29 is 14.4 Å². The van der Waals surface area contributed by atoms with Gasteiger partial charge in [0.05, 0.1) is 6.54 Å². The first-order valence-corrected chi connectivity index (χ1v) is 8.95. The van der Waals surface area contributed by atoms with E-state index < -0.39 is 0 Å². The number of para-hydroxylation sites is 1. The van der Waals surface area contributed by atoms with Crippen molar-refractivity contribution in [3.05, 3.63) is 59.7 Å². The van der Waals surface area contributed by atoms with Crippen molar-refractivity contribution in [2.45, 2.75) is 6.42 Å². The summed E-state index contributed by atoms with van der Waals surface area (Å²) in [5.41, 5.74) is 3.36. The number of fused-ring (bicyclic) bond motifs is 1. The van der Waals surface area contributed by atoms with Gasteiger partial charge in [0, 0.05) is 36.6 Å². The van der Waals surface area contributed by atoms with Gasteiger partial charge in [-0.15, -0.1) is 0 Å². The maximum absolute atomic E-state index is 12.9. The Balaban J connectivity index is 1.44. The lowest BCUT2D eigenvalue weighted by atomic mass is 10.1. The highest BCUT2D eigenvalue weighted by atomic mass is 16.2. The molecule has 4 amide bonds. The smallest absolute Gasteiger partial charge is 0.324 e. The Hall–Kier alpha value is -3.35. The van der Waals surface area contributed by atoms with Gasteiger partial charge >= 0.3 is 6.03 Å². The highest BCUT2D eigenvalue weighted by Crippen LogP contribution is 2.29. The van der Waals surface area contributed by atoms with Crippen LogP contribution in [0.25, 0.3) is 0 Å². The van der Waals surface area contributed by atoms with Crippen LogP contribution in [-0.4, -0.2) is 48.9 Å². The van der Waals surface area contributed by atoms with E-state index in [4.69, 9.17) is 0 Å². The summed E-state index contributed by atoms with van der Waals surface area (Å²) in [5.74, 6) is -0.357. The number of urea groups is 1. The number of carbonyl (C=O) groups excluding carboxylic acids is 3. The van der Waals surface area contributed by atoms with Crippen LogP contribution in [0.4, 0.5) is 16.2 Å². The van der Waals surface area contributed by atoms with Crippen LogP contribution in [0, 0.1) is 0 Å². The van der Waals surface area contributed by atoms with Crippen LogP contribution in [-0.2, 0) is 11.2 Å². The van der Waals surface area contributed by atoms with E-state index >= 15 is 0 Å². The van der Waals surface area contributed by atoms with Gasteiger partial charge in [-0.3, -0.25) is 14.5 Å². The molecule has 0 atom stereocenters. The summed E-state index contributed by atoms with van der Waals surface area (Å²) in [6, 6.07) is 14.6. The molecule has 2 aliphatic heterocycles. The molecule has 1 saturated heterocycles. The van der Waals surface area contributed by atoms with Gasteiger partial charge in [0.15, 0.2) is 0 Å². The van der Waals surface area contributed by atoms with Crippen molar-refractivity contribution in [2.75, 3.05) is 36.4 Å². The molecule has 2 aliphatic rings. The second-order valence-corrected chi connectivity index (χ2v) is 6.55. The van der Waals surface area contributed by atoms with Gasteiger partial charge in [-0.05, 0) is 36.2 Å². The lowest BCUT2D eigenvalue weighted by Crippen LogP contribution is -2.38. The van der Waals surface area contributed by atoms with Crippen LogP contribution in [0.3, 0.4) is 0 Å². The third kappa shape index (κ3) is 3.36.